The first-order valence-corrected chi connectivity index (χ1v) is 12.0. The maximum Gasteiger partial charge on any atom is 0.261 e. The Bertz CT molecular complexity index is 1290. The minimum Gasteiger partial charge on any atom is -0.347 e. The van der Waals surface area contributed by atoms with Crippen LogP contribution in [0.25, 0.3) is 0 Å². The number of hydrogen-bond acceptors (Lipinski definition) is 5. The van der Waals surface area contributed by atoms with E-state index in [9.17, 15) is 22.4 Å². The van der Waals surface area contributed by atoms with Gasteiger partial charge in [0, 0.05) is 6.54 Å². The van der Waals surface area contributed by atoms with E-state index in [2.05, 4.69) is 15.4 Å². The Morgan fingerprint density at radius 3 is 2.53 bits per heavy atom. The number of sulfonamides is 1. The number of nitrogens with one attached hydrogen (secondary N) is 3. The van der Waals surface area contributed by atoms with Gasteiger partial charge in [-0.3, -0.25) is 9.59 Å². The van der Waals surface area contributed by atoms with Crippen molar-refractivity contribution in [3.8, 4) is 0 Å². The maximum atomic E-state index is 13.2. The standard InChI is InChI=1S/C21H19ClFN3O4S2/c1-12-8-18(26-20(27)16-7-6-14(23)10-17(16)22)31-19(12)21(28)25-11-13-4-3-5-15(9-13)32(29,30)24-2/h3-10,24H,11H2,1-2H3,(H,25,28)(H,26,27). The second kappa shape index (κ2) is 9.78. The van der Waals surface area contributed by atoms with Gasteiger partial charge in [-0.15, -0.1) is 11.3 Å². The summed E-state index contributed by atoms with van der Waals surface area (Å²) in [5.41, 5.74) is 1.38. The van der Waals surface area contributed by atoms with E-state index < -0.39 is 21.7 Å². The third-order valence-electron chi connectivity index (χ3n) is 4.47. The van der Waals surface area contributed by atoms with Crippen molar-refractivity contribution in [2.24, 2.45) is 0 Å². The molecule has 11 heteroatoms. The van der Waals surface area contributed by atoms with Crippen molar-refractivity contribution in [1.82, 2.24) is 10.0 Å². The summed E-state index contributed by atoms with van der Waals surface area (Å²) < 4.78 is 39.3. The Kier molecular flexibility index (Phi) is 7.29. The summed E-state index contributed by atoms with van der Waals surface area (Å²) in [6, 6.07) is 11.3. The molecule has 0 fully saturated rings. The van der Waals surface area contributed by atoms with Crippen molar-refractivity contribution >= 4 is 49.8 Å². The van der Waals surface area contributed by atoms with Crippen LogP contribution in [0.3, 0.4) is 0 Å². The van der Waals surface area contributed by atoms with Gasteiger partial charge >= 0.3 is 0 Å². The Balaban J connectivity index is 1.69. The summed E-state index contributed by atoms with van der Waals surface area (Å²) in [5, 5.41) is 5.82. The van der Waals surface area contributed by atoms with E-state index in [1.807, 2.05) is 0 Å². The molecular weight excluding hydrogens is 477 g/mol. The molecule has 0 radical (unpaired) electrons. The van der Waals surface area contributed by atoms with Gasteiger partial charge in [0.2, 0.25) is 10.0 Å². The Hall–Kier alpha value is -2.79. The number of benzene rings is 2. The van der Waals surface area contributed by atoms with Gasteiger partial charge in [0.25, 0.3) is 11.8 Å². The van der Waals surface area contributed by atoms with Crippen molar-refractivity contribution < 1.29 is 22.4 Å². The van der Waals surface area contributed by atoms with Crippen LogP contribution in [0.4, 0.5) is 9.39 Å². The zero-order chi connectivity index (χ0) is 23.5. The van der Waals surface area contributed by atoms with Crippen LogP contribution in [-0.2, 0) is 16.6 Å². The number of thiophene rings is 1. The Morgan fingerprint density at radius 1 is 1.09 bits per heavy atom. The molecular formula is C21H19ClFN3O4S2. The highest BCUT2D eigenvalue weighted by molar-refractivity contribution is 7.89. The van der Waals surface area contributed by atoms with E-state index in [4.69, 9.17) is 11.6 Å². The molecule has 0 aliphatic carbocycles. The molecule has 0 saturated heterocycles. The summed E-state index contributed by atoms with van der Waals surface area (Å²) in [6.45, 7) is 1.85. The van der Waals surface area contributed by atoms with E-state index in [-0.39, 0.29) is 27.9 Å². The summed E-state index contributed by atoms with van der Waals surface area (Å²) in [5.74, 6) is -1.44. The van der Waals surface area contributed by atoms with Crippen LogP contribution in [0.2, 0.25) is 5.02 Å². The molecule has 0 bridgehead atoms. The quantitative estimate of drug-likeness (QED) is 0.461. The van der Waals surface area contributed by atoms with Gasteiger partial charge in [-0.1, -0.05) is 23.7 Å². The fraction of sp³-hybridized carbons (Fsp3) is 0.143. The molecule has 168 valence electrons. The first kappa shape index (κ1) is 23.9. The maximum absolute atomic E-state index is 13.2. The monoisotopic (exact) mass is 495 g/mol. The lowest BCUT2D eigenvalue weighted by molar-refractivity contribution is 0.0953. The van der Waals surface area contributed by atoms with Crippen LogP contribution in [0, 0.1) is 12.7 Å². The highest BCUT2D eigenvalue weighted by Gasteiger charge is 2.17. The van der Waals surface area contributed by atoms with E-state index in [1.165, 1.54) is 25.2 Å². The van der Waals surface area contributed by atoms with Crippen molar-refractivity contribution in [3.63, 3.8) is 0 Å². The molecule has 3 rings (SSSR count). The summed E-state index contributed by atoms with van der Waals surface area (Å²) >= 11 is 7.00. The van der Waals surface area contributed by atoms with Gasteiger partial charge in [-0.25, -0.2) is 17.5 Å². The largest absolute Gasteiger partial charge is 0.347 e. The van der Waals surface area contributed by atoms with Crippen LogP contribution in [0.1, 0.15) is 31.2 Å². The van der Waals surface area contributed by atoms with E-state index >= 15 is 0 Å². The van der Waals surface area contributed by atoms with Gasteiger partial charge in [-0.05, 0) is 61.5 Å². The fourth-order valence-electron chi connectivity index (χ4n) is 2.83. The topological polar surface area (TPSA) is 104 Å². The third-order valence-corrected chi connectivity index (χ3v) is 7.34. The lowest BCUT2D eigenvalue weighted by atomic mass is 10.2. The van der Waals surface area contributed by atoms with Crippen LogP contribution < -0.4 is 15.4 Å². The molecule has 0 unspecified atom stereocenters. The fourth-order valence-corrected chi connectivity index (χ4v) is 4.86. The molecule has 1 heterocycles. The van der Waals surface area contributed by atoms with Crippen molar-refractivity contribution in [1.29, 1.82) is 0 Å². The van der Waals surface area contributed by atoms with Gasteiger partial charge < -0.3 is 10.6 Å². The van der Waals surface area contributed by atoms with Crippen molar-refractivity contribution in [2.45, 2.75) is 18.4 Å². The SMILES string of the molecule is CNS(=O)(=O)c1cccc(CNC(=O)c2sc(NC(=O)c3ccc(F)cc3Cl)cc2C)c1. The van der Waals surface area contributed by atoms with Gasteiger partial charge in [-0.2, -0.15) is 0 Å². The van der Waals surface area contributed by atoms with Gasteiger partial charge in [0.15, 0.2) is 0 Å². The Morgan fingerprint density at radius 2 is 1.84 bits per heavy atom. The smallest absolute Gasteiger partial charge is 0.261 e. The molecule has 0 aliphatic heterocycles. The van der Waals surface area contributed by atoms with E-state index in [0.717, 1.165) is 23.5 Å². The van der Waals surface area contributed by atoms with Gasteiger partial charge in [0.05, 0.1) is 25.4 Å². The summed E-state index contributed by atoms with van der Waals surface area (Å²) in [7, 11) is -2.26. The predicted molar refractivity (Wildman–Crippen MR) is 122 cm³/mol. The highest BCUT2D eigenvalue weighted by Crippen LogP contribution is 2.28. The number of amides is 2. The first-order valence-electron chi connectivity index (χ1n) is 9.28. The lowest BCUT2D eigenvalue weighted by Crippen LogP contribution is -2.23. The van der Waals surface area contributed by atoms with Gasteiger partial charge in [0.1, 0.15) is 5.82 Å². The normalized spacial score (nSPS) is 11.2. The van der Waals surface area contributed by atoms with E-state index in [1.54, 1.807) is 25.1 Å². The molecule has 2 amide bonds. The second-order valence-electron chi connectivity index (χ2n) is 6.74. The number of aryl methyl sites for hydroxylation is 1. The number of anilines is 1. The number of carbonyl (C=O) groups is 2. The van der Waals surface area contributed by atoms with E-state index in [0.29, 0.717) is 21.0 Å². The first-order chi connectivity index (χ1) is 15.1. The molecule has 3 aromatic rings. The molecule has 32 heavy (non-hydrogen) atoms. The zero-order valence-electron chi connectivity index (χ0n) is 17.0. The summed E-state index contributed by atoms with van der Waals surface area (Å²) in [4.78, 5) is 25.5. The molecule has 3 N–H and O–H groups in total. The molecule has 0 saturated carbocycles. The predicted octanol–water partition coefficient (Wildman–Crippen LogP) is 3.94. The number of hydrogen-bond donors (Lipinski definition) is 3. The molecule has 2 aromatic carbocycles. The minimum absolute atomic E-state index is 0.0173. The number of halogens is 2. The van der Waals surface area contributed by atoms with Crippen LogP contribution >= 0.6 is 22.9 Å². The van der Waals surface area contributed by atoms with Crippen LogP contribution in [-0.4, -0.2) is 27.3 Å². The average Bonchev–Trinajstić information content (AvgIpc) is 3.12. The number of carbonyl (C=O) groups excluding carboxylic acids is 2. The molecule has 0 atom stereocenters. The van der Waals surface area contributed by atoms with Crippen LogP contribution in [0.15, 0.2) is 53.4 Å². The van der Waals surface area contributed by atoms with Crippen LogP contribution in [0.5, 0.6) is 0 Å². The molecule has 0 spiro atoms. The average molecular weight is 496 g/mol. The second-order valence-corrected chi connectivity index (χ2v) is 10.1. The highest BCUT2D eigenvalue weighted by atomic mass is 35.5. The zero-order valence-corrected chi connectivity index (χ0v) is 19.4. The molecule has 7 nitrogen and oxygen atoms in total. The van der Waals surface area contributed by atoms with Crippen molar-refractivity contribution in [2.75, 3.05) is 12.4 Å². The summed E-state index contributed by atoms with van der Waals surface area (Å²) in [6.07, 6.45) is 0. The number of rotatable bonds is 7. The van der Waals surface area contributed by atoms with Crippen molar-refractivity contribution in [3.05, 3.63) is 80.9 Å². The lowest BCUT2D eigenvalue weighted by Gasteiger charge is -2.07. The molecule has 0 aliphatic rings. The Labute approximate surface area is 193 Å². The minimum atomic E-state index is -3.59. The molecule has 1 aromatic heterocycles. The third kappa shape index (κ3) is 5.52.